The summed E-state index contributed by atoms with van der Waals surface area (Å²) in [5.74, 6) is 0.424. The van der Waals surface area contributed by atoms with Crippen LogP contribution in [0.15, 0.2) is 24.3 Å². The van der Waals surface area contributed by atoms with Crippen LogP contribution in [0.4, 0.5) is 14.9 Å². The van der Waals surface area contributed by atoms with Gasteiger partial charge in [0.15, 0.2) is 0 Å². The van der Waals surface area contributed by atoms with E-state index < -0.39 is 0 Å². The molecule has 1 aliphatic heterocycles. The molecule has 1 aliphatic rings. The van der Waals surface area contributed by atoms with Crippen molar-refractivity contribution in [2.45, 2.75) is 32.7 Å². The molecule has 0 radical (unpaired) electrons. The van der Waals surface area contributed by atoms with Crippen molar-refractivity contribution in [1.82, 2.24) is 10.2 Å². The van der Waals surface area contributed by atoms with E-state index in [9.17, 15) is 9.18 Å². The topological polar surface area (TPSA) is 44.4 Å². The predicted molar refractivity (Wildman–Crippen MR) is 82.9 cm³/mol. The van der Waals surface area contributed by atoms with Crippen molar-refractivity contribution < 1.29 is 9.18 Å². The summed E-state index contributed by atoms with van der Waals surface area (Å²) in [6.07, 6.45) is 2.53. The van der Waals surface area contributed by atoms with Crippen molar-refractivity contribution in [3.8, 4) is 0 Å². The van der Waals surface area contributed by atoms with Crippen LogP contribution in [-0.2, 0) is 0 Å². The van der Waals surface area contributed by atoms with Crippen LogP contribution in [0.25, 0.3) is 0 Å². The van der Waals surface area contributed by atoms with Gasteiger partial charge in [0.2, 0.25) is 0 Å². The number of hydrogen-bond donors (Lipinski definition) is 2. The van der Waals surface area contributed by atoms with Crippen LogP contribution in [-0.4, -0.2) is 36.6 Å². The molecule has 0 saturated carbocycles. The minimum Gasteiger partial charge on any atom is -0.334 e. The monoisotopic (exact) mass is 293 g/mol. The number of rotatable bonds is 4. The van der Waals surface area contributed by atoms with Crippen LogP contribution in [0.3, 0.4) is 0 Å². The number of carbonyl (C=O) groups is 1. The minimum absolute atomic E-state index is 0.0794. The van der Waals surface area contributed by atoms with E-state index in [-0.39, 0.29) is 17.9 Å². The predicted octanol–water partition coefficient (Wildman–Crippen LogP) is 3.07. The third-order valence-corrected chi connectivity index (χ3v) is 3.75. The fourth-order valence-electron chi connectivity index (χ4n) is 2.81. The average molecular weight is 293 g/mol. The fourth-order valence-corrected chi connectivity index (χ4v) is 2.81. The van der Waals surface area contributed by atoms with Gasteiger partial charge in [-0.05, 0) is 56.5 Å². The Bertz CT molecular complexity index is 463. The highest BCUT2D eigenvalue weighted by atomic mass is 19.1. The summed E-state index contributed by atoms with van der Waals surface area (Å²) < 4.78 is 12.8. The summed E-state index contributed by atoms with van der Waals surface area (Å²) in [4.78, 5) is 14.3. The first-order chi connectivity index (χ1) is 10.0. The molecule has 5 heteroatoms. The van der Waals surface area contributed by atoms with E-state index in [1.807, 2.05) is 6.92 Å². The Hall–Kier alpha value is -1.62. The molecule has 0 spiro atoms. The first kappa shape index (κ1) is 15.8. The van der Waals surface area contributed by atoms with Crippen LogP contribution >= 0.6 is 0 Å². The molecule has 1 saturated heterocycles. The number of likely N-dealkylation sites (tertiary alicyclic amines) is 1. The van der Waals surface area contributed by atoms with Crippen molar-refractivity contribution in [3.05, 3.63) is 30.1 Å². The standard InChI is InChI=1S/C16H24FN3O/c1-12-4-3-9-20(10-12)11-13(2)18-16(21)19-15-7-5-14(17)6-8-15/h5-8,12-13H,3-4,9-11H2,1-2H3,(H2,18,19,21)/t12-,13-/m1/s1. The number of urea groups is 1. The van der Waals surface area contributed by atoms with Crippen molar-refractivity contribution in [1.29, 1.82) is 0 Å². The highest BCUT2D eigenvalue weighted by Crippen LogP contribution is 2.15. The quantitative estimate of drug-likeness (QED) is 0.896. The van der Waals surface area contributed by atoms with Gasteiger partial charge in [-0.3, -0.25) is 0 Å². The molecule has 116 valence electrons. The highest BCUT2D eigenvalue weighted by molar-refractivity contribution is 5.89. The van der Waals surface area contributed by atoms with E-state index >= 15 is 0 Å². The van der Waals surface area contributed by atoms with Crippen LogP contribution in [0.1, 0.15) is 26.7 Å². The van der Waals surface area contributed by atoms with Gasteiger partial charge in [0.05, 0.1) is 0 Å². The van der Waals surface area contributed by atoms with Crippen LogP contribution < -0.4 is 10.6 Å². The first-order valence-corrected chi connectivity index (χ1v) is 7.58. The SMILES string of the molecule is C[C@@H]1CCCN(C[C@@H](C)NC(=O)Nc2ccc(F)cc2)C1. The zero-order chi connectivity index (χ0) is 15.2. The molecule has 1 heterocycles. The summed E-state index contributed by atoms with van der Waals surface area (Å²) in [5.41, 5.74) is 0.590. The largest absolute Gasteiger partial charge is 0.334 e. The number of carbonyl (C=O) groups excluding carboxylic acids is 1. The second-order valence-corrected chi connectivity index (χ2v) is 6.01. The number of halogens is 1. The summed E-state index contributed by atoms with van der Waals surface area (Å²) in [5, 5.41) is 5.63. The molecule has 4 nitrogen and oxygen atoms in total. The van der Waals surface area contributed by atoms with Gasteiger partial charge in [-0.1, -0.05) is 6.92 Å². The average Bonchev–Trinajstić information content (AvgIpc) is 2.41. The first-order valence-electron chi connectivity index (χ1n) is 7.58. The third-order valence-electron chi connectivity index (χ3n) is 3.75. The molecule has 2 atom stereocenters. The lowest BCUT2D eigenvalue weighted by Gasteiger charge is -2.32. The molecule has 21 heavy (non-hydrogen) atoms. The van der Waals surface area contributed by atoms with Gasteiger partial charge in [-0.15, -0.1) is 0 Å². The maximum atomic E-state index is 12.8. The van der Waals surface area contributed by atoms with E-state index in [1.165, 1.54) is 25.0 Å². The van der Waals surface area contributed by atoms with E-state index in [4.69, 9.17) is 0 Å². The minimum atomic E-state index is -0.312. The fraction of sp³-hybridized carbons (Fsp3) is 0.562. The van der Waals surface area contributed by atoms with E-state index in [0.29, 0.717) is 5.69 Å². The molecule has 1 aromatic rings. The Kier molecular flexibility index (Phi) is 5.56. The van der Waals surface area contributed by atoms with Crippen molar-refractivity contribution >= 4 is 11.7 Å². The smallest absolute Gasteiger partial charge is 0.319 e. The highest BCUT2D eigenvalue weighted by Gasteiger charge is 2.18. The van der Waals surface area contributed by atoms with E-state index in [0.717, 1.165) is 25.6 Å². The molecule has 2 amide bonds. The number of piperidine rings is 1. The molecular weight excluding hydrogens is 269 g/mol. The van der Waals surface area contributed by atoms with Crippen LogP contribution in [0.2, 0.25) is 0 Å². The van der Waals surface area contributed by atoms with Gasteiger partial charge in [0.25, 0.3) is 0 Å². The second kappa shape index (κ2) is 7.41. The van der Waals surface area contributed by atoms with Crippen LogP contribution in [0, 0.1) is 11.7 Å². The van der Waals surface area contributed by atoms with Gasteiger partial charge >= 0.3 is 6.03 Å². The number of anilines is 1. The molecule has 1 aromatic carbocycles. The van der Waals surface area contributed by atoms with Crippen molar-refractivity contribution in [2.75, 3.05) is 25.0 Å². The molecule has 1 fully saturated rings. The number of nitrogens with one attached hydrogen (secondary N) is 2. The molecule has 0 aromatic heterocycles. The van der Waals surface area contributed by atoms with E-state index in [1.54, 1.807) is 12.1 Å². The Morgan fingerprint density at radius 2 is 2.14 bits per heavy atom. The van der Waals surface area contributed by atoms with Crippen LogP contribution in [0.5, 0.6) is 0 Å². The summed E-state index contributed by atoms with van der Waals surface area (Å²) in [7, 11) is 0. The van der Waals surface area contributed by atoms with Gasteiger partial charge in [0, 0.05) is 24.8 Å². The van der Waals surface area contributed by atoms with Gasteiger partial charge < -0.3 is 15.5 Å². The lowest BCUT2D eigenvalue weighted by Crippen LogP contribution is -2.46. The van der Waals surface area contributed by atoms with Gasteiger partial charge in [-0.25, -0.2) is 9.18 Å². The zero-order valence-electron chi connectivity index (χ0n) is 12.7. The summed E-state index contributed by atoms with van der Waals surface area (Å²) >= 11 is 0. The molecule has 2 N–H and O–H groups in total. The molecule has 2 rings (SSSR count). The Labute approximate surface area is 125 Å². The number of amides is 2. The Morgan fingerprint density at radius 1 is 1.43 bits per heavy atom. The normalized spacial score (nSPS) is 20.8. The lowest BCUT2D eigenvalue weighted by atomic mass is 10.00. The van der Waals surface area contributed by atoms with Crippen molar-refractivity contribution in [3.63, 3.8) is 0 Å². The maximum absolute atomic E-state index is 12.8. The van der Waals surface area contributed by atoms with Crippen molar-refractivity contribution in [2.24, 2.45) is 5.92 Å². The maximum Gasteiger partial charge on any atom is 0.319 e. The molecular formula is C16H24FN3O. The molecule has 0 bridgehead atoms. The zero-order valence-corrected chi connectivity index (χ0v) is 12.7. The summed E-state index contributed by atoms with van der Waals surface area (Å²) in [6.45, 7) is 7.34. The number of hydrogen-bond acceptors (Lipinski definition) is 2. The third kappa shape index (κ3) is 5.34. The number of benzene rings is 1. The Morgan fingerprint density at radius 3 is 2.81 bits per heavy atom. The summed E-state index contributed by atoms with van der Waals surface area (Å²) in [6, 6.07) is 5.58. The van der Waals surface area contributed by atoms with E-state index in [2.05, 4.69) is 22.5 Å². The Balaban J connectivity index is 1.75. The number of nitrogens with zero attached hydrogens (tertiary/aromatic N) is 1. The lowest BCUT2D eigenvalue weighted by molar-refractivity contribution is 0.170. The van der Waals surface area contributed by atoms with Gasteiger partial charge in [-0.2, -0.15) is 0 Å². The van der Waals surface area contributed by atoms with Gasteiger partial charge in [0.1, 0.15) is 5.82 Å². The molecule has 0 aliphatic carbocycles. The second-order valence-electron chi connectivity index (χ2n) is 6.01. The molecule has 0 unspecified atom stereocenters.